The Labute approximate surface area is 104 Å². The Hall–Kier alpha value is -1.39. The maximum Gasteiger partial charge on any atom is 0.165 e. The molecule has 1 aromatic carbocycles. The van der Waals surface area contributed by atoms with Crippen LogP contribution in [0.25, 0.3) is 0 Å². The summed E-state index contributed by atoms with van der Waals surface area (Å²) >= 11 is 1.58. The van der Waals surface area contributed by atoms with Crippen molar-refractivity contribution in [1.29, 1.82) is 0 Å². The first kappa shape index (κ1) is 12.1. The zero-order valence-electron chi connectivity index (χ0n) is 9.52. The van der Waals surface area contributed by atoms with Crippen molar-refractivity contribution in [2.24, 2.45) is 5.73 Å². The smallest absolute Gasteiger partial charge is 0.165 e. The van der Waals surface area contributed by atoms with Crippen LogP contribution in [0, 0.1) is 5.82 Å². The van der Waals surface area contributed by atoms with Crippen LogP contribution in [0.4, 0.5) is 4.39 Å². The molecule has 0 saturated carbocycles. The number of rotatable bonds is 4. The second kappa shape index (κ2) is 5.29. The van der Waals surface area contributed by atoms with Gasteiger partial charge < -0.3 is 10.5 Å². The SMILES string of the molecule is C[C@@H](N)c1cccc(F)c1OCc1cccs1. The average Bonchev–Trinajstić information content (AvgIpc) is 2.80. The van der Waals surface area contributed by atoms with Crippen LogP contribution in [0.15, 0.2) is 35.7 Å². The van der Waals surface area contributed by atoms with Crippen LogP contribution >= 0.6 is 11.3 Å². The third kappa shape index (κ3) is 2.84. The lowest BCUT2D eigenvalue weighted by Crippen LogP contribution is -2.09. The predicted molar refractivity (Wildman–Crippen MR) is 67.7 cm³/mol. The van der Waals surface area contributed by atoms with Crippen LogP contribution in [-0.2, 0) is 6.61 Å². The molecule has 2 rings (SSSR count). The molecule has 2 N–H and O–H groups in total. The molecule has 0 spiro atoms. The van der Waals surface area contributed by atoms with E-state index in [4.69, 9.17) is 10.5 Å². The fourth-order valence-corrected chi connectivity index (χ4v) is 2.19. The van der Waals surface area contributed by atoms with Crippen LogP contribution in [-0.4, -0.2) is 0 Å². The zero-order valence-corrected chi connectivity index (χ0v) is 10.3. The zero-order chi connectivity index (χ0) is 12.3. The molecule has 2 aromatic rings. The van der Waals surface area contributed by atoms with E-state index >= 15 is 0 Å². The van der Waals surface area contributed by atoms with Gasteiger partial charge in [0.15, 0.2) is 11.6 Å². The summed E-state index contributed by atoms with van der Waals surface area (Å²) in [6.45, 7) is 2.19. The molecule has 2 nitrogen and oxygen atoms in total. The number of nitrogens with two attached hydrogens (primary N) is 1. The lowest BCUT2D eigenvalue weighted by atomic mass is 10.1. The molecule has 1 heterocycles. The van der Waals surface area contributed by atoms with Gasteiger partial charge in [-0.1, -0.05) is 18.2 Å². The molecule has 0 bridgehead atoms. The number of hydrogen-bond acceptors (Lipinski definition) is 3. The number of benzene rings is 1. The summed E-state index contributed by atoms with van der Waals surface area (Å²) in [5.74, 6) is -0.104. The molecular formula is C13H14FNOS. The summed E-state index contributed by atoms with van der Waals surface area (Å²) in [5, 5.41) is 1.96. The summed E-state index contributed by atoms with van der Waals surface area (Å²) in [4.78, 5) is 1.06. The van der Waals surface area contributed by atoms with E-state index in [1.807, 2.05) is 24.4 Å². The average molecular weight is 251 g/mol. The summed E-state index contributed by atoms with van der Waals surface area (Å²) in [6.07, 6.45) is 0. The first-order chi connectivity index (χ1) is 8.18. The third-order valence-corrected chi connectivity index (χ3v) is 3.28. The van der Waals surface area contributed by atoms with E-state index in [1.54, 1.807) is 23.5 Å². The molecular weight excluding hydrogens is 237 g/mol. The molecule has 1 atom stereocenters. The fourth-order valence-electron chi connectivity index (χ4n) is 1.57. The molecule has 0 radical (unpaired) electrons. The highest BCUT2D eigenvalue weighted by molar-refractivity contribution is 7.09. The lowest BCUT2D eigenvalue weighted by molar-refractivity contribution is 0.288. The van der Waals surface area contributed by atoms with E-state index in [2.05, 4.69) is 0 Å². The second-order valence-electron chi connectivity index (χ2n) is 3.81. The Morgan fingerprint density at radius 2 is 2.18 bits per heavy atom. The van der Waals surface area contributed by atoms with Crippen molar-refractivity contribution in [3.05, 3.63) is 52.0 Å². The minimum atomic E-state index is -0.364. The highest BCUT2D eigenvalue weighted by Gasteiger charge is 2.13. The van der Waals surface area contributed by atoms with Gasteiger partial charge in [0.1, 0.15) is 6.61 Å². The molecule has 17 heavy (non-hydrogen) atoms. The van der Waals surface area contributed by atoms with Crippen molar-refractivity contribution in [3.63, 3.8) is 0 Å². The van der Waals surface area contributed by atoms with Crippen molar-refractivity contribution in [2.45, 2.75) is 19.6 Å². The molecule has 0 aliphatic heterocycles. The van der Waals surface area contributed by atoms with Crippen LogP contribution < -0.4 is 10.5 Å². The van der Waals surface area contributed by atoms with E-state index in [9.17, 15) is 4.39 Å². The van der Waals surface area contributed by atoms with Crippen molar-refractivity contribution in [1.82, 2.24) is 0 Å². The molecule has 0 amide bonds. The molecule has 0 unspecified atom stereocenters. The number of halogens is 1. The first-order valence-corrected chi connectivity index (χ1v) is 6.25. The van der Waals surface area contributed by atoms with Gasteiger partial charge in [0.05, 0.1) is 0 Å². The van der Waals surface area contributed by atoms with Crippen molar-refractivity contribution >= 4 is 11.3 Å². The van der Waals surface area contributed by atoms with Crippen molar-refractivity contribution in [3.8, 4) is 5.75 Å². The maximum atomic E-state index is 13.7. The highest BCUT2D eigenvalue weighted by Crippen LogP contribution is 2.28. The van der Waals surface area contributed by atoms with Crippen LogP contribution in [0.1, 0.15) is 23.4 Å². The third-order valence-electron chi connectivity index (χ3n) is 2.43. The van der Waals surface area contributed by atoms with Gasteiger partial charge in [-0.3, -0.25) is 0 Å². The van der Waals surface area contributed by atoms with E-state index in [1.165, 1.54) is 6.07 Å². The monoisotopic (exact) mass is 251 g/mol. The molecule has 0 fully saturated rings. The maximum absolute atomic E-state index is 13.7. The predicted octanol–water partition coefficient (Wildman–Crippen LogP) is 3.49. The van der Waals surface area contributed by atoms with Gasteiger partial charge in [-0.15, -0.1) is 11.3 Å². The molecule has 0 aliphatic carbocycles. The first-order valence-electron chi connectivity index (χ1n) is 5.37. The minimum absolute atomic E-state index is 0.246. The fraction of sp³-hybridized carbons (Fsp3) is 0.231. The van der Waals surface area contributed by atoms with Gasteiger partial charge >= 0.3 is 0 Å². The van der Waals surface area contributed by atoms with Crippen LogP contribution in [0.2, 0.25) is 0 Å². The number of ether oxygens (including phenoxy) is 1. The topological polar surface area (TPSA) is 35.2 Å². The van der Waals surface area contributed by atoms with Gasteiger partial charge in [-0.2, -0.15) is 0 Å². The van der Waals surface area contributed by atoms with E-state index in [0.29, 0.717) is 12.2 Å². The standard InChI is InChI=1S/C13H14FNOS/c1-9(15)11-5-2-6-12(14)13(11)16-8-10-4-3-7-17-10/h2-7,9H,8,15H2,1H3/t9-/m1/s1. The normalized spacial score (nSPS) is 12.4. The number of para-hydroxylation sites is 1. The number of thiophene rings is 1. The van der Waals surface area contributed by atoms with Gasteiger partial charge in [0, 0.05) is 16.5 Å². The lowest BCUT2D eigenvalue weighted by Gasteiger charge is -2.14. The Bertz CT molecular complexity index is 482. The van der Waals surface area contributed by atoms with Crippen LogP contribution in [0.3, 0.4) is 0 Å². The number of hydrogen-bond donors (Lipinski definition) is 1. The summed E-state index contributed by atoms with van der Waals surface area (Å²) in [6, 6.07) is 8.47. The van der Waals surface area contributed by atoms with E-state index in [-0.39, 0.29) is 17.6 Å². The molecule has 0 aliphatic rings. The quantitative estimate of drug-likeness (QED) is 0.902. The van der Waals surface area contributed by atoms with Gasteiger partial charge in [-0.05, 0) is 24.4 Å². The highest BCUT2D eigenvalue weighted by atomic mass is 32.1. The summed E-state index contributed by atoms with van der Waals surface area (Å²) in [5.41, 5.74) is 6.48. The summed E-state index contributed by atoms with van der Waals surface area (Å²) in [7, 11) is 0. The van der Waals surface area contributed by atoms with Gasteiger partial charge in [0.2, 0.25) is 0 Å². The van der Waals surface area contributed by atoms with E-state index in [0.717, 1.165) is 4.88 Å². The van der Waals surface area contributed by atoms with Gasteiger partial charge in [0.25, 0.3) is 0 Å². The molecule has 90 valence electrons. The van der Waals surface area contributed by atoms with Gasteiger partial charge in [-0.25, -0.2) is 4.39 Å². The minimum Gasteiger partial charge on any atom is -0.485 e. The summed E-state index contributed by atoms with van der Waals surface area (Å²) < 4.78 is 19.2. The molecule has 0 saturated heterocycles. The molecule has 1 aromatic heterocycles. The van der Waals surface area contributed by atoms with Crippen molar-refractivity contribution < 1.29 is 9.13 Å². The Balaban J connectivity index is 2.19. The van der Waals surface area contributed by atoms with Crippen LogP contribution in [0.5, 0.6) is 5.75 Å². The Morgan fingerprint density at radius 3 is 2.82 bits per heavy atom. The van der Waals surface area contributed by atoms with E-state index < -0.39 is 0 Å². The van der Waals surface area contributed by atoms with Crippen molar-refractivity contribution in [2.75, 3.05) is 0 Å². The Kier molecular flexibility index (Phi) is 3.76. The largest absolute Gasteiger partial charge is 0.485 e. The Morgan fingerprint density at radius 1 is 1.35 bits per heavy atom. The molecule has 4 heteroatoms. The second-order valence-corrected chi connectivity index (χ2v) is 4.85.